The maximum absolute atomic E-state index is 12.3. The number of carbonyl (C=O) groups is 1. The Balaban J connectivity index is 1.66. The van der Waals surface area contributed by atoms with Gasteiger partial charge in [0.05, 0.1) is 23.8 Å². The highest BCUT2D eigenvalue weighted by Gasteiger charge is 2.28. The molecule has 0 saturated carbocycles. The molecular formula is C19H16ClN3O4. The van der Waals surface area contributed by atoms with Gasteiger partial charge in [-0.1, -0.05) is 23.7 Å². The summed E-state index contributed by atoms with van der Waals surface area (Å²) >= 11 is 5.92. The number of hydrogen-bond acceptors (Lipinski definition) is 5. The van der Waals surface area contributed by atoms with Gasteiger partial charge in [0.25, 0.3) is 11.6 Å². The van der Waals surface area contributed by atoms with Crippen LogP contribution in [-0.2, 0) is 9.53 Å². The second kappa shape index (κ2) is 7.02. The second-order valence-electron chi connectivity index (χ2n) is 6.31. The number of hydrogen-bond donors (Lipinski definition) is 1. The van der Waals surface area contributed by atoms with Crippen LogP contribution in [0, 0.1) is 10.1 Å². The molecule has 8 heteroatoms. The molecule has 1 saturated heterocycles. The zero-order valence-corrected chi connectivity index (χ0v) is 15.0. The monoisotopic (exact) mass is 385 g/mol. The summed E-state index contributed by atoms with van der Waals surface area (Å²) in [7, 11) is 0. The van der Waals surface area contributed by atoms with Gasteiger partial charge in [0.2, 0.25) is 0 Å². The van der Waals surface area contributed by atoms with E-state index in [1.165, 1.54) is 12.1 Å². The Morgan fingerprint density at radius 3 is 2.56 bits per heavy atom. The molecule has 1 N–H and O–H groups in total. The summed E-state index contributed by atoms with van der Waals surface area (Å²) < 4.78 is 5.36. The van der Waals surface area contributed by atoms with E-state index in [0.717, 1.165) is 24.3 Å². The van der Waals surface area contributed by atoms with Crippen molar-refractivity contribution in [1.82, 2.24) is 0 Å². The molecule has 0 radical (unpaired) electrons. The summed E-state index contributed by atoms with van der Waals surface area (Å²) in [6, 6.07) is 10.6. The van der Waals surface area contributed by atoms with Crippen LogP contribution in [-0.4, -0.2) is 37.1 Å². The van der Waals surface area contributed by atoms with E-state index < -0.39 is 4.92 Å². The third-order valence-electron chi connectivity index (χ3n) is 4.65. The average molecular weight is 386 g/mol. The van der Waals surface area contributed by atoms with E-state index in [4.69, 9.17) is 16.3 Å². The lowest BCUT2D eigenvalue weighted by Gasteiger charge is -2.28. The number of nitrogens with one attached hydrogen (secondary N) is 1. The largest absolute Gasteiger partial charge is 0.378 e. The van der Waals surface area contributed by atoms with Crippen molar-refractivity contribution in [3.05, 3.63) is 62.7 Å². The molecule has 0 atom stereocenters. The van der Waals surface area contributed by atoms with E-state index in [1.807, 2.05) is 24.3 Å². The minimum Gasteiger partial charge on any atom is -0.378 e. The standard InChI is InChI=1S/C19H16ClN3O4/c20-16-11-17-14(10-18(16)23(25)26)15(19(24)21-17)9-12-1-3-13(4-2-12)22-5-7-27-8-6-22/h1-4,9-11H,5-8H2,(H,21,24)/b15-9+. The molecule has 2 aliphatic heterocycles. The van der Waals surface area contributed by atoms with Gasteiger partial charge in [-0.05, 0) is 29.8 Å². The van der Waals surface area contributed by atoms with Gasteiger partial charge in [0.1, 0.15) is 5.02 Å². The summed E-state index contributed by atoms with van der Waals surface area (Å²) in [5.74, 6) is -0.307. The molecule has 138 valence electrons. The summed E-state index contributed by atoms with van der Waals surface area (Å²) in [4.78, 5) is 25.2. The average Bonchev–Trinajstić information content (AvgIpc) is 2.96. The Bertz CT molecular complexity index is 950. The maximum atomic E-state index is 12.3. The van der Waals surface area contributed by atoms with Crippen molar-refractivity contribution >= 4 is 46.2 Å². The van der Waals surface area contributed by atoms with Crippen LogP contribution >= 0.6 is 11.6 Å². The van der Waals surface area contributed by atoms with E-state index in [1.54, 1.807) is 6.08 Å². The molecule has 0 bridgehead atoms. The Morgan fingerprint density at radius 1 is 1.19 bits per heavy atom. The number of benzene rings is 2. The smallest absolute Gasteiger partial charge is 0.288 e. The number of carbonyl (C=O) groups excluding carboxylic acids is 1. The van der Waals surface area contributed by atoms with Gasteiger partial charge < -0.3 is 15.0 Å². The number of halogens is 1. The third-order valence-corrected chi connectivity index (χ3v) is 4.95. The van der Waals surface area contributed by atoms with Gasteiger partial charge in [0, 0.05) is 36.0 Å². The highest BCUT2D eigenvalue weighted by atomic mass is 35.5. The number of morpholine rings is 1. The predicted molar refractivity (Wildman–Crippen MR) is 104 cm³/mol. The van der Waals surface area contributed by atoms with Crippen molar-refractivity contribution in [2.75, 3.05) is 36.5 Å². The van der Waals surface area contributed by atoms with Crippen molar-refractivity contribution in [3.8, 4) is 0 Å². The molecule has 1 amide bonds. The quantitative estimate of drug-likeness (QED) is 0.496. The first-order chi connectivity index (χ1) is 13.0. The normalized spacial score (nSPS) is 17.7. The first-order valence-electron chi connectivity index (χ1n) is 8.47. The summed E-state index contributed by atoms with van der Waals surface area (Å²) in [6.45, 7) is 3.12. The molecule has 2 aromatic rings. The predicted octanol–water partition coefficient (Wildman–Crippen LogP) is 3.58. The Morgan fingerprint density at radius 2 is 1.89 bits per heavy atom. The van der Waals surface area contributed by atoms with E-state index in [0.29, 0.717) is 30.0 Å². The molecule has 0 aliphatic carbocycles. The molecule has 27 heavy (non-hydrogen) atoms. The van der Waals surface area contributed by atoms with Gasteiger partial charge in [-0.3, -0.25) is 14.9 Å². The van der Waals surface area contributed by atoms with Crippen LogP contribution in [0.3, 0.4) is 0 Å². The van der Waals surface area contributed by atoms with Crippen LogP contribution in [0.5, 0.6) is 0 Å². The highest BCUT2D eigenvalue weighted by molar-refractivity contribution is 6.37. The number of anilines is 2. The molecule has 1 fully saturated rings. The molecule has 2 aromatic carbocycles. The van der Waals surface area contributed by atoms with E-state index in [9.17, 15) is 14.9 Å². The molecule has 4 rings (SSSR count). The zero-order chi connectivity index (χ0) is 19.0. The number of fused-ring (bicyclic) bond motifs is 1. The van der Waals surface area contributed by atoms with E-state index in [2.05, 4.69) is 10.2 Å². The first-order valence-corrected chi connectivity index (χ1v) is 8.85. The number of ether oxygens (including phenoxy) is 1. The van der Waals surface area contributed by atoms with Gasteiger partial charge >= 0.3 is 0 Å². The van der Waals surface area contributed by atoms with Crippen LogP contribution in [0.25, 0.3) is 11.6 Å². The lowest BCUT2D eigenvalue weighted by molar-refractivity contribution is -0.384. The lowest BCUT2D eigenvalue weighted by atomic mass is 10.0. The van der Waals surface area contributed by atoms with E-state index in [-0.39, 0.29) is 16.6 Å². The number of nitrogens with zero attached hydrogens (tertiary/aromatic N) is 2. The molecule has 2 aliphatic rings. The number of nitro benzene ring substituents is 1. The van der Waals surface area contributed by atoms with Gasteiger partial charge in [0.15, 0.2) is 0 Å². The molecule has 0 unspecified atom stereocenters. The van der Waals surface area contributed by atoms with Gasteiger partial charge in [-0.2, -0.15) is 0 Å². The third kappa shape index (κ3) is 3.39. The van der Waals surface area contributed by atoms with Gasteiger partial charge in [-0.25, -0.2) is 0 Å². The molecular weight excluding hydrogens is 370 g/mol. The number of amides is 1. The van der Waals surface area contributed by atoms with Crippen molar-refractivity contribution in [2.45, 2.75) is 0 Å². The fraction of sp³-hybridized carbons (Fsp3) is 0.211. The van der Waals surface area contributed by atoms with Crippen molar-refractivity contribution in [3.63, 3.8) is 0 Å². The maximum Gasteiger partial charge on any atom is 0.288 e. The molecule has 0 spiro atoms. The summed E-state index contributed by atoms with van der Waals surface area (Å²) in [5, 5.41) is 13.8. The van der Waals surface area contributed by atoms with Crippen LogP contribution in [0.15, 0.2) is 36.4 Å². The number of rotatable bonds is 3. The first kappa shape index (κ1) is 17.5. The topological polar surface area (TPSA) is 84.7 Å². The summed E-state index contributed by atoms with van der Waals surface area (Å²) in [6.07, 6.45) is 1.72. The second-order valence-corrected chi connectivity index (χ2v) is 6.72. The lowest BCUT2D eigenvalue weighted by Crippen LogP contribution is -2.36. The minimum atomic E-state index is -0.555. The fourth-order valence-corrected chi connectivity index (χ4v) is 3.49. The molecule has 2 heterocycles. The van der Waals surface area contributed by atoms with Crippen molar-refractivity contribution in [2.24, 2.45) is 0 Å². The van der Waals surface area contributed by atoms with Crippen molar-refractivity contribution < 1.29 is 14.5 Å². The Kier molecular flexibility index (Phi) is 4.55. The summed E-state index contributed by atoms with van der Waals surface area (Å²) in [5.41, 5.74) is 3.05. The Labute approximate surface area is 160 Å². The van der Waals surface area contributed by atoms with Crippen molar-refractivity contribution in [1.29, 1.82) is 0 Å². The van der Waals surface area contributed by atoms with Gasteiger partial charge in [-0.15, -0.1) is 0 Å². The van der Waals surface area contributed by atoms with E-state index >= 15 is 0 Å². The molecule has 0 aromatic heterocycles. The fourth-order valence-electron chi connectivity index (χ4n) is 3.25. The van der Waals surface area contributed by atoms with Crippen LogP contribution in [0.4, 0.5) is 17.1 Å². The molecule has 7 nitrogen and oxygen atoms in total. The van der Waals surface area contributed by atoms with Crippen LogP contribution < -0.4 is 10.2 Å². The highest BCUT2D eigenvalue weighted by Crippen LogP contribution is 2.39. The SMILES string of the molecule is O=C1Nc2cc(Cl)c([N+](=O)[O-])cc2/C1=C\c1ccc(N2CCOCC2)cc1. The minimum absolute atomic E-state index is 0.00448. The van der Waals surface area contributed by atoms with Crippen LogP contribution in [0.2, 0.25) is 5.02 Å². The van der Waals surface area contributed by atoms with Crippen LogP contribution in [0.1, 0.15) is 11.1 Å². The number of nitro groups is 1. The zero-order valence-electron chi connectivity index (χ0n) is 14.3. The Hall–Kier alpha value is -2.90.